The second kappa shape index (κ2) is 7.41. The summed E-state index contributed by atoms with van der Waals surface area (Å²) in [6, 6.07) is 9.59. The van der Waals surface area contributed by atoms with Crippen molar-refractivity contribution in [3.8, 4) is 5.75 Å². The predicted octanol–water partition coefficient (Wildman–Crippen LogP) is 2.09. The Kier molecular flexibility index (Phi) is 5.07. The molecule has 0 spiro atoms. The Hall–Kier alpha value is -2.15. The lowest BCUT2D eigenvalue weighted by Crippen LogP contribution is -2.48. The normalized spacial score (nSPS) is 16.8. The molecular weight excluding hydrogens is 312 g/mol. The van der Waals surface area contributed by atoms with Crippen LogP contribution in [0.5, 0.6) is 5.75 Å². The molecule has 0 unspecified atom stereocenters. The maximum Gasteiger partial charge on any atom is 0.260 e. The first-order chi connectivity index (χ1) is 11.2. The molecule has 1 aliphatic heterocycles. The Morgan fingerprint density at radius 2 is 2.09 bits per heavy atom. The number of aromatic nitrogens is 2. The van der Waals surface area contributed by atoms with Gasteiger partial charge in [-0.3, -0.25) is 4.79 Å². The number of benzene rings is 1. The zero-order valence-corrected chi connectivity index (χ0v) is 13.8. The summed E-state index contributed by atoms with van der Waals surface area (Å²) in [6.45, 7) is 3.53. The fourth-order valence-corrected chi connectivity index (χ4v) is 3.06. The summed E-state index contributed by atoms with van der Waals surface area (Å²) in [7, 11) is 0. The number of nitrogens with zero attached hydrogens (tertiary/aromatic N) is 3. The molecule has 122 valence electrons. The Bertz CT molecular complexity index is 612. The van der Waals surface area contributed by atoms with E-state index < -0.39 is 6.10 Å². The van der Waals surface area contributed by atoms with Crippen LogP contribution in [0.3, 0.4) is 0 Å². The number of hydrogen-bond donors (Lipinski definition) is 1. The highest BCUT2D eigenvalue weighted by molar-refractivity contribution is 6.99. The van der Waals surface area contributed by atoms with Gasteiger partial charge in [0, 0.05) is 19.1 Å². The van der Waals surface area contributed by atoms with Crippen molar-refractivity contribution in [3.63, 3.8) is 0 Å². The average molecular weight is 332 g/mol. The summed E-state index contributed by atoms with van der Waals surface area (Å²) in [4.78, 5) is 14.5. The molecule has 2 heterocycles. The van der Waals surface area contributed by atoms with Crippen LogP contribution >= 0.6 is 11.7 Å². The molecule has 1 fully saturated rings. The zero-order valence-electron chi connectivity index (χ0n) is 13.0. The zero-order chi connectivity index (χ0) is 16.1. The molecule has 0 saturated carbocycles. The molecule has 1 N–H and O–H groups in total. The number of hydrogen-bond acceptors (Lipinski definition) is 6. The van der Waals surface area contributed by atoms with E-state index in [1.54, 1.807) is 13.1 Å². The minimum Gasteiger partial charge on any atom is -0.481 e. The van der Waals surface area contributed by atoms with Gasteiger partial charge < -0.3 is 15.0 Å². The van der Waals surface area contributed by atoms with Gasteiger partial charge in [0.15, 0.2) is 11.9 Å². The molecule has 6 nitrogen and oxygen atoms in total. The van der Waals surface area contributed by atoms with Crippen molar-refractivity contribution in [1.29, 1.82) is 0 Å². The third-order valence-electron chi connectivity index (χ3n) is 3.94. The quantitative estimate of drug-likeness (QED) is 0.908. The van der Waals surface area contributed by atoms with Gasteiger partial charge in [0.05, 0.1) is 17.9 Å². The number of carbonyl (C=O) groups is 1. The molecule has 0 radical (unpaired) electrons. The van der Waals surface area contributed by atoms with Crippen molar-refractivity contribution in [2.75, 3.05) is 18.0 Å². The molecule has 0 aliphatic carbocycles. The summed E-state index contributed by atoms with van der Waals surface area (Å²) in [5.74, 6) is 1.57. The summed E-state index contributed by atoms with van der Waals surface area (Å²) in [5, 5.41) is 3.08. The number of anilines is 1. The average Bonchev–Trinajstić information content (AvgIpc) is 3.11. The van der Waals surface area contributed by atoms with Crippen LogP contribution in [0.1, 0.15) is 19.8 Å². The van der Waals surface area contributed by atoms with E-state index in [-0.39, 0.29) is 11.9 Å². The van der Waals surface area contributed by atoms with Gasteiger partial charge in [0.25, 0.3) is 5.91 Å². The minimum atomic E-state index is -0.502. The molecule has 1 aromatic heterocycles. The van der Waals surface area contributed by atoms with Crippen LogP contribution in [0.25, 0.3) is 0 Å². The molecule has 1 amide bonds. The van der Waals surface area contributed by atoms with Gasteiger partial charge in [-0.05, 0) is 31.9 Å². The molecule has 1 aliphatic rings. The van der Waals surface area contributed by atoms with E-state index in [0.717, 1.165) is 31.7 Å². The number of ether oxygens (including phenoxy) is 1. The van der Waals surface area contributed by atoms with Gasteiger partial charge >= 0.3 is 0 Å². The molecule has 1 atom stereocenters. The van der Waals surface area contributed by atoms with E-state index in [0.29, 0.717) is 5.75 Å². The lowest BCUT2D eigenvalue weighted by atomic mass is 10.0. The van der Waals surface area contributed by atoms with Crippen LogP contribution < -0.4 is 15.0 Å². The van der Waals surface area contributed by atoms with Crippen molar-refractivity contribution in [1.82, 2.24) is 14.1 Å². The van der Waals surface area contributed by atoms with E-state index in [1.165, 1.54) is 11.7 Å². The van der Waals surface area contributed by atoms with E-state index in [2.05, 4.69) is 19.0 Å². The van der Waals surface area contributed by atoms with E-state index in [4.69, 9.17) is 4.74 Å². The van der Waals surface area contributed by atoms with Gasteiger partial charge in [-0.2, -0.15) is 8.75 Å². The fraction of sp³-hybridized carbons (Fsp3) is 0.438. The summed E-state index contributed by atoms with van der Waals surface area (Å²) < 4.78 is 13.9. The first kappa shape index (κ1) is 15.7. The fourth-order valence-electron chi connectivity index (χ4n) is 2.63. The minimum absolute atomic E-state index is 0.0670. The monoisotopic (exact) mass is 332 g/mol. The van der Waals surface area contributed by atoms with Gasteiger partial charge in [-0.1, -0.05) is 18.2 Å². The number of carbonyl (C=O) groups excluding carboxylic acids is 1. The smallest absolute Gasteiger partial charge is 0.260 e. The number of amides is 1. The topological polar surface area (TPSA) is 67.3 Å². The number of rotatable bonds is 5. The molecule has 23 heavy (non-hydrogen) atoms. The molecule has 1 aromatic carbocycles. The maximum absolute atomic E-state index is 12.3. The second-order valence-corrected chi connectivity index (χ2v) is 6.17. The van der Waals surface area contributed by atoms with Crippen LogP contribution in [0.2, 0.25) is 0 Å². The highest BCUT2D eigenvalue weighted by atomic mass is 32.1. The number of piperidine rings is 1. The number of nitrogens with one attached hydrogen (secondary N) is 1. The van der Waals surface area contributed by atoms with Crippen LogP contribution in [0.15, 0.2) is 36.5 Å². The van der Waals surface area contributed by atoms with Gasteiger partial charge in [-0.15, -0.1) is 0 Å². The van der Waals surface area contributed by atoms with E-state index in [9.17, 15) is 4.79 Å². The highest BCUT2D eigenvalue weighted by Gasteiger charge is 2.24. The van der Waals surface area contributed by atoms with Gasteiger partial charge in [0.2, 0.25) is 0 Å². The van der Waals surface area contributed by atoms with Crippen molar-refractivity contribution in [2.45, 2.75) is 31.9 Å². The molecular formula is C16H20N4O2S. The lowest BCUT2D eigenvalue weighted by Gasteiger charge is -2.32. The van der Waals surface area contributed by atoms with E-state index >= 15 is 0 Å². The summed E-state index contributed by atoms with van der Waals surface area (Å²) >= 11 is 1.22. The lowest BCUT2D eigenvalue weighted by molar-refractivity contribution is -0.128. The summed E-state index contributed by atoms with van der Waals surface area (Å²) in [5.41, 5.74) is 0. The van der Waals surface area contributed by atoms with Crippen LogP contribution in [-0.4, -0.2) is 39.9 Å². The molecule has 2 aromatic rings. The van der Waals surface area contributed by atoms with E-state index in [1.807, 2.05) is 30.3 Å². The third-order valence-corrected chi connectivity index (χ3v) is 4.41. The second-order valence-electron chi connectivity index (χ2n) is 5.61. The van der Waals surface area contributed by atoms with Crippen molar-refractivity contribution >= 4 is 23.5 Å². The van der Waals surface area contributed by atoms with Crippen molar-refractivity contribution in [3.05, 3.63) is 36.5 Å². The van der Waals surface area contributed by atoms with Crippen molar-refractivity contribution in [2.24, 2.45) is 0 Å². The Morgan fingerprint density at radius 3 is 2.74 bits per heavy atom. The maximum atomic E-state index is 12.3. The van der Waals surface area contributed by atoms with Crippen LogP contribution in [-0.2, 0) is 4.79 Å². The Morgan fingerprint density at radius 1 is 1.35 bits per heavy atom. The standard InChI is InChI=1S/C16H20N4O2S/c1-12(22-14-5-3-2-4-6-14)16(21)18-13-7-9-20(10-8-13)15-11-17-23-19-15/h2-6,11-13H,7-10H2,1H3,(H,18,21)/t12-/m1/s1. The van der Waals surface area contributed by atoms with Crippen molar-refractivity contribution < 1.29 is 9.53 Å². The third kappa shape index (κ3) is 4.19. The van der Waals surface area contributed by atoms with Crippen LogP contribution in [0.4, 0.5) is 5.82 Å². The van der Waals surface area contributed by atoms with Crippen LogP contribution in [0, 0.1) is 0 Å². The SMILES string of the molecule is C[C@@H](Oc1ccccc1)C(=O)NC1CCN(c2cnsn2)CC1. The van der Waals surface area contributed by atoms with Gasteiger partial charge in [-0.25, -0.2) is 0 Å². The predicted molar refractivity (Wildman–Crippen MR) is 89.8 cm³/mol. The molecule has 1 saturated heterocycles. The number of para-hydroxylation sites is 1. The highest BCUT2D eigenvalue weighted by Crippen LogP contribution is 2.18. The molecule has 0 bridgehead atoms. The first-order valence-corrected chi connectivity index (χ1v) is 8.50. The summed E-state index contributed by atoms with van der Waals surface area (Å²) in [6.07, 6.45) is 3.10. The Balaban J connectivity index is 1.45. The molecule has 3 rings (SSSR count). The first-order valence-electron chi connectivity index (χ1n) is 7.77. The Labute approximate surface area is 139 Å². The largest absolute Gasteiger partial charge is 0.481 e. The molecule has 7 heteroatoms. The van der Waals surface area contributed by atoms with Gasteiger partial charge in [0.1, 0.15) is 5.75 Å².